The molecule has 0 aromatic carbocycles. The highest BCUT2D eigenvalue weighted by Gasteiger charge is 2.17. The second-order valence-corrected chi connectivity index (χ2v) is 4.94. The van der Waals surface area contributed by atoms with E-state index in [-0.39, 0.29) is 13.2 Å². The lowest BCUT2D eigenvalue weighted by molar-refractivity contribution is 0.105. The van der Waals surface area contributed by atoms with Crippen LogP contribution >= 0.6 is 0 Å². The Morgan fingerprint density at radius 3 is 2.22 bits per heavy atom. The van der Waals surface area contributed by atoms with Gasteiger partial charge in [0.1, 0.15) is 6.61 Å². The minimum Gasteiger partial charge on any atom is -0.497 e. The van der Waals surface area contributed by atoms with Gasteiger partial charge in [0.15, 0.2) is 0 Å². The van der Waals surface area contributed by atoms with E-state index in [4.69, 9.17) is 14.9 Å². The molecule has 18 heavy (non-hydrogen) atoms. The molecule has 1 fully saturated rings. The molecule has 1 saturated carbocycles. The Morgan fingerprint density at radius 1 is 1.06 bits per heavy atom. The fraction of sp³-hybridized carbons (Fsp3) is 0.857. The molecule has 2 N–H and O–H groups in total. The molecular weight excluding hydrogens is 230 g/mol. The molecule has 1 rings (SSSR count). The Hall–Kier alpha value is -0.580. The van der Waals surface area contributed by atoms with Gasteiger partial charge in [-0.1, -0.05) is 25.8 Å². The van der Waals surface area contributed by atoms with E-state index >= 15 is 0 Å². The smallest absolute Gasteiger partial charge is 0.100 e. The van der Waals surface area contributed by atoms with Crippen molar-refractivity contribution in [3.05, 3.63) is 12.3 Å². The molecule has 0 heterocycles. The fourth-order valence-electron chi connectivity index (χ4n) is 2.47. The van der Waals surface area contributed by atoms with Crippen LogP contribution in [0.1, 0.15) is 32.1 Å². The molecule has 0 spiro atoms. The fourth-order valence-corrected chi connectivity index (χ4v) is 2.47. The molecule has 0 atom stereocenters. The summed E-state index contributed by atoms with van der Waals surface area (Å²) < 4.78 is 5.71. The molecule has 4 nitrogen and oxygen atoms in total. The minimum absolute atomic E-state index is 0.115. The average molecular weight is 257 g/mol. The highest BCUT2D eigenvalue weighted by molar-refractivity contribution is 4.92. The maximum Gasteiger partial charge on any atom is 0.100 e. The van der Waals surface area contributed by atoms with Crippen molar-refractivity contribution in [2.24, 2.45) is 5.92 Å². The van der Waals surface area contributed by atoms with Gasteiger partial charge in [-0.3, -0.25) is 4.90 Å². The van der Waals surface area contributed by atoms with E-state index in [1.54, 1.807) is 0 Å². The minimum atomic E-state index is 0.115. The summed E-state index contributed by atoms with van der Waals surface area (Å²) in [6.45, 7) is 6.74. The van der Waals surface area contributed by atoms with Gasteiger partial charge in [-0.05, 0) is 12.8 Å². The summed E-state index contributed by atoms with van der Waals surface area (Å²) in [7, 11) is 0. The van der Waals surface area contributed by atoms with Crippen molar-refractivity contribution >= 4 is 0 Å². The molecule has 0 aromatic heterocycles. The summed E-state index contributed by atoms with van der Waals surface area (Å²) in [4.78, 5) is 1.99. The van der Waals surface area contributed by atoms with Crippen LogP contribution in [0.25, 0.3) is 0 Å². The van der Waals surface area contributed by atoms with Crippen molar-refractivity contribution in [1.29, 1.82) is 0 Å². The van der Waals surface area contributed by atoms with Crippen molar-refractivity contribution < 1.29 is 14.9 Å². The number of hydrogen-bond donors (Lipinski definition) is 2. The van der Waals surface area contributed by atoms with Crippen molar-refractivity contribution in [2.45, 2.75) is 32.1 Å². The lowest BCUT2D eigenvalue weighted by atomic mass is 9.88. The molecule has 0 amide bonds. The SMILES string of the molecule is C=C(OCCN(CCO)CCO)C1CCCCC1. The van der Waals surface area contributed by atoms with E-state index in [0.29, 0.717) is 25.6 Å². The van der Waals surface area contributed by atoms with Gasteiger partial charge in [-0.15, -0.1) is 0 Å². The van der Waals surface area contributed by atoms with Crippen LogP contribution in [0.2, 0.25) is 0 Å². The number of nitrogens with zero attached hydrogens (tertiary/aromatic N) is 1. The number of aliphatic hydroxyl groups is 2. The van der Waals surface area contributed by atoms with Crippen LogP contribution in [0, 0.1) is 5.92 Å². The Labute approximate surface area is 110 Å². The maximum atomic E-state index is 8.89. The van der Waals surface area contributed by atoms with E-state index < -0.39 is 0 Å². The van der Waals surface area contributed by atoms with Gasteiger partial charge < -0.3 is 14.9 Å². The Morgan fingerprint density at radius 2 is 1.67 bits per heavy atom. The lowest BCUT2D eigenvalue weighted by Crippen LogP contribution is -2.33. The lowest BCUT2D eigenvalue weighted by Gasteiger charge is -2.25. The van der Waals surface area contributed by atoms with E-state index in [1.807, 2.05) is 4.90 Å². The Balaban J connectivity index is 2.16. The summed E-state index contributed by atoms with van der Waals surface area (Å²) >= 11 is 0. The first-order chi connectivity index (χ1) is 8.77. The third kappa shape index (κ3) is 5.85. The average Bonchev–Trinajstić information content (AvgIpc) is 2.40. The van der Waals surface area contributed by atoms with Crippen LogP contribution in [0.15, 0.2) is 12.3 Å². The van der Waals surface area contributed by atoms with Gasteiger partial charge in [0.2, 0.25) is 0 Å². The van der Waals surface area contributed by atoms with Crippen LogP contribution < -0.4 is 0 Å². The van der Waals surface area contributed by atoms with E-state index in [1.165, 1.54) is 32.1 Å². The molecule has 1 aliphatic carbocycles. The maximum absolute atomic E-state index is 8.89. The molecule has 0 saturated heterocycles. The standard InChI is InChI=1S/C14H27NO3/c1-13(14-5-3-2-4-6-14)18-12-9-15(7-10-16)8-11-17/h14,16-17H,1-12H2. The molecular formula is C14H27NO3. The highest BCUT2D eigenvalue weighted by Crippen LogP contribution is 2.29. The normalized spacial score (nSPS) is 17.1. The first kappa shape index (κ1) is 15.5. The van der Waals surface area contributed by atoms with Gasteiger partial charge in [0.05, 0.1) is 19.0 Å². The van der Waals surface area contributed by atoms with Crippen LogP contribution in [0.5, 0.6) is 0 Å². The van der Waals surface area contributed by atoms with Crippen LogP contribution in [0.3, 0.4) is 0 Å². The first-order valence-corrected chi connectivity index (χ1v) is 7.03. The van der Waals surface area contributed by atoms with Gasteiger partial charge in [0.25, 0.3) is 0 Å². The number of allylic oxidation sites excluding steroid dienone is 1. The van der Waals surface area contributed by atoms with Crippen molar-refractivity contribution in [3.8, 4) is 0 Å². The van der Waals surface area contributed by atoms with Crippen molar-refractivity contribution in [2.75, 3.05) is 39.5 Å². The molecule has 0 unspecified atom stereocenters. The third-order valence-electron chi connectivity index (χ3n) is 3.59. The van der Waals surface area contributed by atoms with Gasteiger partial charge >= 0.3 is 0 Å². The molecule has 106 valence electrons. The van der Waals surface area contributed by atoms with Crippen LogP contribution in [-0.4, -0.2) is 54.6 Å². The summed E-state index contributed by atoms with van der Waals surface area (Å²) in [5.41, 5.74) is 0. The summed E-state index contributed by atoms with van der Waals surface area (Å²) in [5.74, 6) is 1.45. The zero-order chi connectivity index (χ0) is 13.2. The van der Waals surface area contributed by atoms with Gasteiger partial charge in [-0.25, -0.2) is 0 Å². The second kappa shape index (κ2) is 9.36. The number of hydrogen-bond acceptors (Lipinski definition) is 4. The zero-order valence-electron chi connectivity index (χ0n) is 11.3. The highest BCUT2D eigenvalue weighted by atomic mass is 16.5. The van der Waals surface area contributed by atoms with Crippen molar-refractivity contribution in [1.82, 2.24) is 4.90 Å². The van der Waals surface area contributed by atoms with Crippen LogP contribution in [-0.2, 0) is 4.74 Å². The van der Waals surface area contributed by atoms with Gasteiger partial charge in [-0.2, -0.15) is 0 Å². The first-order valence-electron chi connectivity index (χ1n) is 7.03. The summed E-state index contributed by atoms with van der Waals surface area (Å²) in [6, 6.07) is 0. The van der Waals surface area contributed by atoms with Gasteiger partial charge in [0, 0.05) is 25.6 Å². The quantitative estimate of drug-likeness (QED) is 0.613. The molecule has 0 radical (unpaired) electrons. The molecule has 4 heteroatoms. The Bertz CT molecular complexity index is 221. The molecule has 0 aliphatic heterocycles. The van der Waals surface area contributed by atoms with Crippen molar-refractivity contribution in [3.63, 3.8) is 0 Å². The zero-order valence-corrected chi connectivity index (χ0v) is 11.3. The van der Waals surface area contributed by atoms with E-state index in [9.17, 15) is 0 Å². The number of ether oxygens (including phenoxy) is 1. The van der Waals surface area contributed by atoms with E-state index in [0.717, 1.165) is 12.3 Å². The topological polar surface area (TPSA) is 52.9 Å². The number of rotatable bonds is 9. The van der Waals surface area contributed by atoms with E-state index in [2.05, 4.69) is 6.58 Å². The Kier molecular flexibility index (Phi) is 8.05. The molecule has 0 bridgehead atoms. The number of aliphatic hydroxyl groups excluding tert-OH is 2. The molecule has 0 aromatic rings. The third-order valence-corrected chi connectivity index (χ3v) is 3.59. The molecule has 1 aliphatic rings. The summed E-state index contributed by atoms with van der Waals surface area (Å²) in [5, 5.41) is 17.8. The predicted octanol–water partition coefficient (Wildman–Crippen LogP) is 1.38. The predicted molar refractivity (Wildman–Crippen MR) is 72.3 cm³/mol. The summed E-state index contributed by atoms with van der Waals surface area (Å²) in [6.07, 6.45) is 6.32. The van der Waals surface area contributed by atoms with Crippen LogP contribution in [0.4, 0.5) is 0 Å². The largest absolute Gasteiger partial charge is 0.497 e. The second-order valence-electron chi connectivity index (χ2n) is 4.94. The monoisotopic (exact) mass is 257 g/mol.